The van der Waals surface area contributed by atoms with Crippen molar-refractivity contribution in [3.63, 3.8) is 0 Å². The van der Waals surface area contributed by atoms with Gasteiger partial charge in [-0.1, -0.05) is 16.8 Å². The Hall–Kier alpha value is -3.90. The number of carbonyl (C=O) groups excluding carboxylic acids is 1. The lowest BCUT2D eigenvalue weighted by atomic mass is 9.78. The number of fused-ring (bicyclic) bond motifs is 1. The number of amides is 1. The van der Waals surface area contributed by atoms with Gasteiger partial charge in [0.1, 0.15) is 11.3 Å². The number of hydrogen-bond donors (Lipinski definition) is 0. The van der Waals surface area contributed by atoms with E-state index in [0.29, 0.717) is 35.3 Å². The summed E-state index contributed by atoms with van der Waals surface area (Å²) in [5.41, 5.74) is 3.53. The molecule has 182 valence electrons. The second-order valence-corrected chi connectivity index (χ2v) is 10.1. The molecule has 0 bridgehead atoms. The van der Waals surface area contributed by atoms with Gasteiger partial charge in [-0.25, -0.2) is 14.5 Å². The molecule has 1 saturated heterocycles. The van der Waals surface area contributed by atoms with Crippen molar-refractivity contribution in [2.45, 2.75) is 44.4 Å². The van der Waals surface area contributed by atoms with Gasteiger partial charge in [0.15, 0.2) is 0 Å². The topological polar surface area (TPSA) is 102 Å². The first-order valence-corrected chi connectivity index (χ1v) is 12.4. The van der Waals surface area contributed by atoms with Gasteiger partial charge < -0.3 is 9.30 Å². The average Bonchev–Trinajstić information content (AvgIpc) is 3.58. The van der Waals surface area contributed by atoms with E-state index in [9.17, 15) is 10.1 Å². The minimum absolute atomic E-state index is 0.302. The minimum Gasteiger partial charge on any atom is -0.441 e. The van der Waals surface area contributed by atoms with Crippen molar-refractivity contribution in [1.82, 2.24) is 29.4 Å². The number of halogens is 1. The lowest BCUT2D eigenvalue weighted by Gasteiger charge is -2.36. The molecule has 1 spiro atoms. The summed E-state index contributed by atoms with van der Waals surface area (Å²) in [6, 6.07) is 15.1. The molecule has 0 radical (unpaired) electrons. The van der Waals surface area contributed by atoms with Crippen LogP contribution in [0.1, 0.15) is 36.9 Å². The van der Waals surface area contributed by atoms with Crippen molar-refractivity contribution in [3.8, 4) is 11.8 Å². The molecule has 0 N–H and O–H groups in total. The maximum absolute atomic E-state index is 12.8. The normalized spacial score (nSPS) is 21.7. The molecule has 3 heterocycles. The summed E-state index contributed by atoms with van der Waals surface area (Å²) in [5.74, 6) is 0.348. The zero-order chi connectivity index (χ0) is 24.7. The van der Waals surface area contributed by atoms with E-state index in [4.69, 9.17) is 16.3 Å². The van der Waals surface area contributed by atoms with Gasteiger partial charge in [-0.3, -0.25) is 4.90 Å². The summed E-state index contributed by atoms with van der Waals surface area (Å²) in [4.78, 5) is 19.0. The van der Waals surface area contributed by atoms with Gasteiger partial charge in [0.2, 0.25) is 0 Å². The Morgan fingerprint density at radius 3 is 2.92 bits per heavy atom. The van der Waals surface area contributed by atoms with Crippen molar-refractivity contribution < 1.29 is 9.53 Å². The molecule has 2 aromatic carbocycles. The van der Waals surface area contributed by atoms with Crippen LogP contribution in [0.15, 0.2) is 55.0 Å². The Labute approximate surface area is 212 Å². The molecular formula is C26H24ClN7O2. The van der Waals surface area contributed by atoms with Crippen molar-refractivity contribution >= 4 is 28.7 Å². The molecule has 36 heavy (non-hydrogen) atoms. The second-order valence-electron chi connectivity index (χ2n) is 9.71. The number of nitriles is 1. The highest BCUT2D eigenvalue weighted by molar-refractivity contribution is 6.30. The highest BCUT2D eigenvalue weighted by atomic mass is 35.5. The van der Waals surface area contributed by atoms with Crippen LogP contribution in [0, 0.1) is 17.2 Å². The lowest BCUT2D eigenvalue weighted by molar-refractivity contribution is 0.00415. The Kier molecular flexibility index (Phi) is 5.61. The molecule has 1 amide bonds. The summed E-state index contributed by atoms with van der Waals surface area (Å²) in [6.07, 6.45) is 7.07. The summed E-state index contributed by atoms with van der Waals surface area (Å²) in [5, 5.41) is 18.4. The van der Waals surface area contributed by atoms with E-state index in [0.717, 1.165) is 48.9 Å². The van der Waals surface area contributed by atoms with Gasteiger partial charge in [-0.15, -0.1) is 5.10 Å². The molecule has 1 saturated carbocycles. The van der Waals surface area contributed by atoms with Crippen molar-refractivity contribution in [2.75, 3.05) is 6.54 Å². The zero-order valence-corrected chi connectivity index (χ0v) is 20.3. The van der Waals surface area contributed by atoms with Gasteiger partial charge >= 0.3 is 6.09 Å². The van der Waals surface area contributed by atoms with Crippen LogP contribution in [0.2, 0.25) is 5.02 Å². The molecule has 2 atom stereocenters. The Morgan fingerprint density at radius 1 is 1.22 bits per heavy atom. The molecule has 1 aliphatic heterocycles. The van der Waals surface area contributed by atoms with Crippen LogP contribution in [0.3, 0.4) is 0 Å². The smallest absolute Gasteiger partial charge is 0.410 e. The van der Waals surface area contributed by atoms with E-state index in [1.54, 1.807) is 27.8 Å². The Bertz CT molecular complexity index is 1470. The van der Waals surface area contributed by atoms with Crippen LogP contribution in [0.5, 0.6) is 0 Å². The fraction of sp³-hybridized carbons (Fsp3) is 0.346. The average molecular weight is 502 g/mol. The van der Waals surface area contributed by atoms with Crippen LogP contribution < -0.4 is 0 Å². The number of carbonyl (C=O) groups is 1. The molecule has 9 nitrogen and oxygen atoms in total. The second kappa shape index (κ2) is 8.95. The first-order chi connectivity index (χ1) is 17.5. The van der Waals surface area contributed by atoms with E-state index in [1.807, 2.05) is 36.8 Å². The van der Waals surface area contributed by atoms with Gasteiger partial charge in [0, 0.05) is 11.6 Å². The van der Waals surface area contributed by atoms with E-state index < -0.39 is 5.60 Å². The van der Waals surface area contributed by atoms with Gasteiger partial charge in [0.25, 0.3) is 0 Å². The number of imidazole rings is 1. The van der Waals surface area contributed by atoms with Crippen molar-refractivity contribution in [3.05, 3.63) is 71.3 Å². The number of nitrogens with zero attached hydrogens (tertiary/aromatic N) is 7. The minimum atomic E-state index is -0.486. The number of hydrogen-bond acceptors (Lipinski definition) is 6. The third kappa shape index (κ3) is 4.29. The third-order valence-electron chi connectivity index (χ3n) is 7.14. The fourth-order valence-corrected chi connectivity index (χ4v) is 5.61. The highest BCUT2D eigenvalue weighted by Gasteiger charge is 2.48. The maximum Gasteiger partial charge on any atom is 0.410 e. The van der Waals surface area contributed by atoms with E-state index in [1.165, 1.54) is 0 Å². The van der Waals surface area contributed by atoms with E-state index in [-0.39, 0.29) is 6.09 Å². The largest absolute Gasteiger partial charge is 0.441 e. The molecule has 2 fully saturated rings. The molecule has 1 aliphatic carbocycles. The third-order valence-corrected chi connectivity index (χ3v) is 7.39. The van der Waals surface area contributed by atoms with Crippen LogP contribution in [0.4, 0.5) is 4.79 Å². The maximum atomic E-state index is 12.8. The van der Waals surface area contributed by atoms with Crippen LogP contribution >= 0.6 is 11.6 Å². The fourth-order valence-electron chi connectivity index (χ4n) is 5.49. The Balaban J connectivity index is 1.14. The summed E-state index contributed by atoms with van der Waals surface area (Å²) < 4.78 is 9.79. The van der Waals surface area contributed by atoms with E-state index >= 15 is 0 Å². The molecule has 2 unspecified atom stereocenters. The highest BCUT2D eigenvalue weighted by Crippen LogP contribution is 2.41. The molecule has 10 heteroatoms. The summed E-state index contributed by atoms with van der Waals surface area (Å²) in [7, 11) is 0. The molecule has 2 aliphatic rings. The summed E-state index contributed by atoms with van der Waals surface area (Å²) in [6.45, 7) is 1.67. The first-order valence-electron chi connectivity index (χ1n) is 12.0. The SMILES string of the molecule is N#Cc1ccc2ncn(CC3CCCC4(C3)CN(Cc3cn(-c5ccc(Cl)cc5)nn3)C(=O)O4)c2c1. The quantitative estimate of drug-likeness (QED) is 0.392. The van der Waals surface area contributed by atoms with Gasteiger partial charge in [0.05, 0.1) is 54.0 Å². The Morgan fingerprint density at radius 2 is 2.08 bits per heavy atom. The van der Waals surface area contributed by atoms with Crippen molar-refractivity contribution in [1.29, 1.82) is 5.26 Å². The van der Waals surface area contributed by atoms with Gasteiger partial charge in [-0.2, -0.15) is 5.26 Å². The zero-order valence-electron chi connectivity index (χ0n) is 19.5. The van der Waals surface area contributed by atoms with Crippen LogP contribution in [-0.2, 0) is 17.8 Å². The number of ether oxygens (including phenoxy) is 1. The summed E-state index contributed by atoms with van der Waals surface area (Å²) >= 11 is 5.97. The first kappa shape index (κ1) is 22.6. The van der Waals surface area contributed by atoms with Crippen LogP contribution in [-0.4, -0.2) is 47.7 Å². The van der Waals surface area contributed by atoms with Crippen LogP contribution in [0.25, 0.3) is 16.7 Å². The molecule has 6 rings (SSSR count). The molecular weight excluding hydrogens is 478 g/mol. The monoisotopic (exact) mass is 501 g/mol. The number of rotatable bonds is 5. The predicted molar refractivity (Wildman–Crippen MR) is 132 cm³/mol. The predicted octanol–water partition coefficient (Wildman–Crippen LogP) is 4.72. The van der Waals surface area contributed by atoms with E-state index in [2.05, 4.69) is 25.9 Å². The number of benzene rings is 2. The molecule has 4 aromatic rings. The molecule has 2 aromatic heterocycles. The lowest BCUT2D eigenvalue weighted by Crippen LogP contribution is -2.40. The number of aromatic nitrogens is 5. The van der Waals surface area contributed by atoms with Crippen molar-refractivity contribution in [2.24, 2.45) is 5.92 Å². The van der Waals surface area contributed by atoms with Gasteiger partial charge in [-0.05, 0) is 74.1 Å². The standard InChI is InChI=1S/C26H24ClN7O2/c27-20-4-6-22(7-5-20)34-15-21(30-31-34)14-32-16-26(36-25(32)35)9-1-2-19(11-26)13-33-17-29-23-8-3-18(12-28)10-24(23)33/h3-8,10,15,17,19H,1-2,9,11,13-14,16H2.